The first kappa shape index (κ1) is 11.8. The van der Waals surface area contributed by atoms with Crippen molar-refractivity contribution in [2.75, 3.05) is 19.5 Å². The van der Waals surface area contributed by atoms with E-state index in [4.69, 9.17) is 15.6 Å². The van der Waals surface area contributed by atoms with Crippen molar-refractivity contribution >= 4 is 17.7 Å². The van der Waals surface area contributed by atoms with Crippen LogP contribution in [0.5, 0.6) is 0 Å². The number of methoxy groups -OCH3 is 1. The summed E-state index contributed by atoms with van der Waals surface area (Å²) in [6, 6.07) is 0. The van der Waals surface area contributed by atoms with E-state index in [0.29, 0.717) is 24.7 Å². The highest BCUT2D eigenvalue weighted by atomic mass is 32.2. The lowest BCUT2D eigenvalue weighted by Gasteiger charge is -2.17. The van der Waals surface area contributed by atoms with Gasteiger partial charge in [-0.15, -0.1) is 0 Å². The monoisotopic (exact) mass is 219 g/mol. The van der Waals surface area contributed by atoms with Crippen LogP contribution in [0, 0.1) is 0 Å². The Hall–Kier alpha value is -0.260. The van der Waals surface area contributed by atoms with E-state index >= 15 is 0 Å². The number of carboxylic acids is 1. The molecular formula is C9H17NO3S. The molecule has 1 rings (SSSR count). The normalized spacial score (nSPS) is 32.0. The lowest BCUT2D eigenvalue weighted by molar-refractivity contribution is -0.143. The Morgan fingerprint density at radius 2 is 2.50 bits per heavy atom. The Balaban J connectivity index is 2.30. The molecule has 0 bridgehead atoms. The molecular weight excluding hydrogens is 202 g/mol. The number of nitrogens with two attached hydrogens (primary N) is 1. The number of carboxylic acid groups (broad SMARTS) is 1. The average molecular weight is 219 g/mol. The molecule has 0 saturated heterocycles. The Labute approximate surface area is 88.2 Å². The number of ether oxygens (including phenoxy) is 1. The summed E-state index contributed by atoms with van der Waals surface area (Å²) in [5, 5.41) is 9.28. The molecule has 0 aromatic carbocycles. The van der Waals surface area contributed by atoms with Crippen LogP contribution in [0.2, 0.25) is 0 Å². The van der Waals surface area contributed by atoms with E-state index in [9.17, 15) is 4.79 Å². The fourth-order valence-electron chi connectivity index (χ4n) is 1.66. The highest BCUT2D eigenvalue weighted by Gasteiger charge is 2.42. The van der Waals surface area contributed by atoms with E-state index < -0.39 is 11.5 Å². The molecule has 0 spiro atoms. The van der Waals surface area contributed by atoms with Gasteiger partial charge in [0.25, 0.3) is 0 Å². The van der Waals surface area contributed by atoms with E-state index in [-0.39, 0.29) is 0 Å². The third-order valence-corrected chi connectivity index (χ3v) is 3.85. The fraction of sp³-hybridized carbons (Fsp3) is 0.889. The molecule has 1 saturated carbocycles. The smallest absolute Gasteiger partial charge is 0.323 e. The van der Waals surface area contributed by atoms with Crippen molar-refractivity contribution in [1.82, 2.24) is 0 Å². The second kappa shape index (κ2) is 5.00. The first-order chi connectivity index (χ1) is 6.58. The molecule has 5 heteroatoms. The Bertz CT molecular complexity index is 212. The summed E-state index contributed by atoms with van der Waals surface area (Å²) in [4.78, 5) is 10.8. The Morgan fingerprint density at radius 1 is 1.79 bits per heavy atom. The van der Waals surface area contributed by atoms with Gasteiger partial charge in [-0.25, -0.2) is 0 Å². The molecule has 0 heterocycles. The van der Waals surface area contributed by atoms with Gasteiger partial charge in [0.15, 0.2) is 0 Å². The molecule has 82 valence electrons. The summed E-state index contributed by atoms with van der Waals surface area (Å²) < 4.78 is 4.93. The van der Waals surface area contributed by atoms with Gasteiger partial charge >= 0.3 is 5.97 Å². The molecule has 14 heavy (non-hydrogen) atoms. The van der Waals surface area contributed by atoms with Crippen LogP contribution in [0.3, 0.4) is 0 Å². The van der Waals surface area contributed by atoms with Gasteiger partial charge in [-0.3, -0.25) is 4.79 Å². The second-order valence-corrected chi connectivity index (χ2v) is 5.10. The molecule has 0 aromatic rings. The fourth-order valence-corrected chi connectivity index (χ4v) is 2.96. The number of thioether (sulfide) groups is 1. The van der Waals surface area contributed by atoms with Crippen LogP contribution in [0.25, 0.3) is 0 Å². The number of rotatable bonds is 5. The highest BCUT2D eigenvalue weighted by molar-refractivity contribution is 7.99. The minimum atomic E-state index is -0.981. The third kappa shape index (κ3) is 2.87. The van der Waals surface area contributed by atoms with Gasteiger partial charge in [0.05, 0.1) is 6.61 Å². The van der Waals surface area contributed by atoms with Crippen molar-refractivity contribution < 1.29 is 14.6 Å². The maximum atomic E-state index is 10.8. The van der Waals surface area contributed by atoms with Crippen LogP contribution in [0.15, 0.2) is 0 Å². The summed E-state index contributed by atoms with van der Waals surface area (Å²) in [5.74, 6) is 0.0454. The van der Waals surface area contributed by atoms with E-state index in [0.717, 1.165) is 12.2 Å². The van der Waals surface area contributed by atoms with Gasteiger partial charge in [0, 0.05) is 18.1 Å². The van der Waals surface area contributed by atoms with Crippen LogP contribution in [0.4, 0.5) is 0 Å². The lowest BCUT2D eigenvalue weighted by atomic mass is 10.0. The summed E-state index contributed by atoms with van der Waals surface area (Å²) in [7, 11) is 1.67. The van der Waals surface area contributed by atoms with Crippen molar-refractivity contribution in [2.45, 2.75) is 30.1 Å². The Kier molecular flexibility index (Phi) is 4.22. The van der Waals surface area contributed by atoms with Gasteiger partial charge in [-0.2, -0.15) is 11.8 Å². The predicted octanol–water partition coefficient (Wildman–Crippen LogP) is 0.701. The maximum Gasteiger partial charge on any atom is 0.323 e. The van der Waals surface area contributed by atoms with Gasteiger partial charge in [-0.1, -0.05) is 0 Å². The van der Waals surface area contributed by atoms with Crippen molar-refractivity contribution in [2.24, 2.45) is 5.73 Å². The molecule has 0 amide bonds. The summed E-state index contributed by atoms with van der Waals surface area (Å²) in [5.41, 5.74) is 4.77. The van der Waals surface area contributed by atoms with Crippen molar-refractivity contribution in [1.29, 1.82) is 0 Å². The van der Waals surface area contributed by atoms with Crippen LogP contribution in [-0.4, -0.2) is 41.3 Å². The topological polar surface area (TPSA) is 72.5 Å². The predicted molar refractivity (Wildman–Crippen MR) is 56.5 cm³/mol. The summed E-state index contributed by atoms with van der Waals surface area (Å²) >= 11 is 1.76. The summed E-state index contributed by atoms with van der Waals surface area (Å²) in [6.45, 7) is 0.714. The average Bonchev–Trinajstić information content (AvgIpc) is 2.50. The number of carbonyl (C=O) groups is 1. The second-order valence-electron chi connectivity index (χ2n) is 3.69. The minimum absolute atomic E-state index is 0.381. The first-order valence-corrected chi connectivity index (χ1v) is 5.76. The molecule has 0 aliphatic heterocycles. The minimum Gasteiger partial charge on any atom is -0.480 e. The molecule has 2 unspecified atom stereocenters. The highest BCUT2D eigenvalue weighted by Crippen LogP contribution is 2.35. The number of hydrogen-bond donors (Lipinski definition) is 2. The largest absolute Gasteiger partial charge is 0.480 e. The zero-order valence-electron chi connectivity index (χ0n) is 8.36. The molecule has 0 aromatic heterocycles. The van der Waals surface area contributed by atoms with Crippen molar-refractivity contribution in [3.05, 3.63) is 0 Å². The summed E-state index contributed by atoms with van der Waals surface area (Å²) in [6.07, 6.45) is 2.07. The van der Waals surface area contributed by atoms with Crippen molar-refractivity contribution in [3.8, 4) is 0 Å². The molecule has 3 N–H and O–H groups in total. The molecule has 1 aliphatic carbocycles. The molecule has 1 fully saturated rings. The molecule has 4 nitrogen and oxygen atoms in total. The van der Waals surface area contributed by atoms with E-state index in [1.54, 1.807) is 18.9 Å². The van der Waals surface area contributed by atoms with E-state index in [1.165, 1.54) is 0 Å². The third-order valence-electron chi connectivity index (χ3n) is 2.57. The maximum absolute atomic E-state index is 10.8. The van der Waals surface area contributed by atoms with Crippen molar-refractivity contribution in [3.63, 3.8) is 0 Å². The van der Waals surface area contributed by atoms with Crippen LogP contribution in [0.1, 0.15) is 19.3 Å². The van der Waals surface area contributed by atoms with Gasteiger partial charge in [-0.05, 0) is 19.3 Å². The van der Waals surface area contributed by atoms with E-state index in [2.05, 4.69) is 0 Å². The SMILES string of the molecule is COCCSC1CCC(N)(C(=O)O)C1. The molecule has 1 aliphatic rings. The number of hydrogen-bond acceptors (Lipinski definition) is 4. The van der Waals surface area contributed by atoms with Gasteiger partial charge in [0.1, 0.15) is 5.54 Å². The number of aliphatic carboxylic acids is 1. The van der Waals surface area contributed by atoms with Crippen LogP contribution < -0.4 is 5.73 Å². The standard InChI is InChI=1S/C9H17NO3S/c1-13-4-5-14-7-2-3-9(10,6-7)8(11)12/h7H,2-6,10H2,1H3,(H,11,12). The van der Waals surface area contributed by atoms with Crippen LogP contribution in [-0.2, 0) is 9.53 Å². The molecule has 2 atom stereocenters. The van der Waals surface area contributed by atoms with Gasteiger partial charge in [0.2, 0.25) is 0 Å². The zero-order valence-corrected chi connectivity index (χ0v) is 9.18. The molecule has 0 radical (unpaired) electrons. The zero-order chi connectivity index (χ0) is 10.6. The van der Waals surface area contributed by atoms with Crippen LogP contribution >= 0.6 is 11.8 Å². The van der Waals surface area contributed by atoms with Gasteiger partial charge < -0.3 is 15.6 Å². The Morgan fingerprint density at radius 3 is 3.00 bits per heavy atom. The first-order valence-electron chi connectivity index (χ1n) is 4.71. The lowest BCUT2D eigenvalue weighted by Crippen LogP contribution is -2.45. The quantitative estimate of drug-likeness (QED) is 0.666. The van der Waals surface area contributed by atoms with E-state index in [1.807, 2.05) is 0 Å².